The monoisotopic (exact) mass is 405 g/mol. The predicted molar refractivity (Wildman–Crippen MR) is 91.0 cm³/mol. The second-order valence-electron chi connectivity index (χ2n) is 6.41. The zero-order valence-electron chi connectivity index (χ0n) is 15.0. The third-order valence-corrected chi connectivity index (χ3v) is 4.34. The molecule has 0 unspecified atom stereocenters. The van der Waals surface area contributed by atoms with Crippen LogP contribution in [0.5, 0.6) is 5.75 Å². The normalized spacial score (nSPS) is 18.8. The summed E-state index contributed by atoms with van der Waals surface area (Å²) >= 11 is 0. The van der Waals surface area contributed by atoms with Crippen molar-refractivity contribution in [2.75, 3.05) is 6.54 Å². The molecule has 1 aromatic carbocycles. The molecule has 2 atom stereocenters. The number of alkyl halides is 3. The van der Waals surface area contributed by atoms with Gasteiger partial charge in [-0.1, -0.05) is 0 Å². The molecule has 1 amide bonds. The molecule has 1 aromatic heterocycles. The third kappa shape index (κ3) is 4.58. The van der Waals surface area contributed by atoms with Gasteiger partial charge in [-0.25, -0.2) is 4.98 Å². The summed E-state index contributed by atoms with van der Waals surface area (Å²) < 4.78 is 47.2. The van der Waals surface area contributed by atoms with Crippen molar-refractivity contribution in [3.05, 3.63) is 35.9 Å². The van der Waals surface area contributed by atoms with Crippen LogP contribution in [0.3, 0.4) is 0 Å². The fraction of sp³-hybridized carbons (Fsp3) is 0.333. The van der Waals surface area contributed by atoms with Gasteiger partial charge in [0.15, 0.2) is 12.0 Å². The highest BCUT2D eigenvalue weighted by Gasteiger charge is 2.33. The average Bonchev–Trinajstić information content (AvgIpc) is 3.27. The SMILES string of the molecule is C[C@@H]1C[C@@H](NC(=O)c2ncc(-c3cc(C#N)ccc3OC(F)(F)F)o2)CN1C#N. The number of nitriles is 2. The van der Waals surface area contributed by atoms with E-state index in [0.717, 1.165) is 24.4 Å². The third-order valence-electron chi connectivity index (χ3n) is 4.34. The van der Waals surface area contributed by atoms with Crippen molar-refractivity contribution >= 4 is 5.91 Å². The molecule has 0 bridgehead atoms. The minimum absolute atomic E-state index is 0.0266. The van der Waals surface area contributed by atoms with Gasteiger partial charge in [0, 0.05) is 18.6 Å². The Morgan fingerprint density at radius 3 is 2.79 bits per heavy atom. The standard InChI is InChI=1S/C18H14F3N5O3/c1-10-4-12(8-26(10)9-23)25-16(27)17-24-7-15(28-17)13-5-11(6-22)2-3-14(13)29-18(19,20)21/h2-3,5,7,10,12H,4,8H2,1H3,(H,25,27)/t10-,12-/m1/s1. The van der Waals surface area contributed by atoms with E-state index in [1.807, 2.05) is 19.2 Å². The van der Waals surface area contributed by atoms with E-state index in [9.17, 15) is 18.0 Å². The lowest BCUT2D eigenvalue weighted by Crippen LogP contribution is -2.36. The van der Waals surface area contributed by atoms with E-state index in [1.165, 1.54) is 4.90 Å². The number of amides is 1. The summed E-state index contributed by atoms with van der Waals surface area (Å²) in [5.74, 6) is -1.77. The molecule has 1 saturated heterocycles. The van der Waals surface area contributed by atoms with Crippen molar-refractivity contribution in [2.24, 2.45) is 0 Å². The van der Waals surface area contributed by atoms with Crippen molar-refractivity contribution in [3.63, 3.8) is 0 Å². The molecule has 29 heavy (non-hydrogen) atoms. The topological polar surface area (TPSA) is 115 Å². The van der Waals surface area contributed by atoms with E-state index in [0.29, 0.717) is 13.0 Å². The van der Waals surface area contributed by atoms with Crippen LogP contribution in [0.2, 0.25) is 0 Å². The second-order valence-corrected chi connectivity index (χ2v) is 6.41. The van der Waals surface area contributed by atoms with Gasteiger partial charge in [0.1, 0.15) is 5.75 Å². The summed E-state index contributed by atoms with van der Waals surface area (Å²) in [4.78, 5) is 17.7. The number of likely N-dealkylation sites (tertiary alicyclic amines) is 1. The molecular weight excluding hydrogens is 391 g/mol. The van der Waals surface area contributed by atoms with Crippen molar-refractivity contribution in [3.8, 4) is 29.3 Å². The fourth-order valence-corrected chi connectivity index (χ4v) is 3.03. The summed E-state index contributed by atoms with van der Waals surface area (Å²) in [7, 11) is 0. The van der Waals surface area contributed by atoms with Crippen LogP contribution in [0.15, 0.2) is 28.8 Å². The average molecular weight is 405 g/mol. The van der Waals surface area contributed by atoms with Crippen LogP contribution in [-0.4, -0.2) is 40.8 Å². The molecule has 0 radical (unpaired) electrons. The minimum atomic E-state index is -4.95. The molecule has 0 spiro atoms. The van der Waals surface area contributed by atoms with Crippen molar-refractivity contribution in [1.82, 2.24) is 15.2 Å². The zero-order chi connectivity index (χ0) is 21.2. The number of oxazole rings is 1. The van der Waals surface area contributed by atoms with E-state index < -0.39 is 18.0 Å². The van der Waals surface area contributed by atoms with Gasteiger partial charge in [-0.3, -0.25) is 4.79 Å². The molecule has 1 aliphatic rings. The highest BCUT2D eigenvalue weighted by atomic mass is 19.4. The summed E-state index contributed by atoms with van der Waals surface area (Å²) in [6.45, 7) is 2.19. The Bertz CT molecular complexity index is 1010. The molecule has 1 aliphatic heterocycles. The van der Waals surface area contributed by atoms with Gasteiger partial charge in [0.05, 0.1) is 23.4 Å². The quantitative estimate of drug-likeness (QED) is 0.778. The number of halogens is 3. The van der Waals surface area contributed by atoms with Gasteiger partial charge in [0.25, 0.3) is 5.89 Å². The Morgan fingerprint density at radius 1 is 1.41 bits per heavy atom. The first-order valence-electron chi connectivity index (χ1n) is 8.43. The lowest BCUT2D eigenvalue weighted by molar-refractivity contribution is -0.274. The van der Waals surface area contributed by atoms with Crippen molar-refractivity contribution in [1.29, 1.82) is 10.5 Å². The van der Waals surface area contributed by atoms with Crippen LogP contribution in [0, 0.1) is 22.8 Å². The fourth-order valence-electron chi connectivity index (χ4n) is 3.03. The number of carbonyl (C=O) groups is 1. The molecule has 8 nitrogen and oxygen atoms in total. The number of aromatic nitrogens is 1. The summed E-state index contributed by atoms with van der Waals surface area (Å²) in [6.07, 6.45) is -1.29. The maximum atomic E-state index is 12.6. The van der Waals surface area contributed by atoms with Crippen LogP contribution < -0.4 is 10.1 Å². The second kappa shape index (κ2) is 7.72. The molecule has 0 aliphatic carbocycles. The van der Waals surface area contributed by atoms with Gasteiger partial charge in [-0.2, -0.15) is 10.5 Å². The highest BCUT2D eigenvalue weighted by molar-refractivity contribution is 5.90. The van der Waals surface area contributed by atoms with Gasteiger partial charge in [-0.05, 0) is 31.5 Å². The first-order chi connectivity index (χ1) is 13.7. The maximum Gasteiger partial charge on any atom is 0.573 e. The number of nitrogens with zero attached hydrogens (tertiary/aromatic N) is 4. The van der Waals surface area contributed by atoms with E-state index in [4.69, 9.17) is 14.9 Å². The van der Waals surface area contributed by atoms with E-state index in [1.54, 1.807) is 0 Å². The van der Waals surface area contributed by atoms with Crippen LogP contribution in [0.4, 0.5) is 13.2 Å². The Morgan fingerprint density at radius 2 is 2.17 bits per heavy atom. The molecule has 150 valence electrons. The number of hydrogen-bond acceptors (Lipinski definition) is 7. The van der Waals surface area contributed by atoms with Crippen LogP contribution in [0.1, 0.15) is 29.6 Å². The van der Waals surface area contributed by atoms with Crippen LogP contribution >= 0.6 is 0 Å². The molecule has 0 saturated carbocycles. The number of benzene rings is 1. The minimum Gasteiger partial charge on any atom is -0.432 e. The Balaban J connectivity index is 1.82. The Hall–Kier alpha value is -3.73. The van der Waals surface area contributed by atoms with E-state index in [2.05, 4.69) is 15.0 Å². The molecule has 11 heteroatoms. The zero-order valence-corrected chi connectivity index (χ0v) is 15.0. The maximum absolute atomic E-state index is 12.6. The first kappa shape index (κ1) is 20.0. The first-order valence-corrected chi connectivity index (χ1v) is 8.43. The number of rotatable bonds is 4. The Kier molecular flexibility index (Phi) is 5.33. The smallest absolute Gasteiger partial charge is 0.432 e. The lowest BCUT2D eigenvalue weighted by atomic mass is 10.1. The Labute approximate surface area is 163 Å². The number of nitrogens with one attached hydrogen (secondary N) is 1. The lowest BCUT2D eigenvalue weighted by Gasteiger charge is -2.12. The largest absolute Gasteiger partial charge is 0.573 e. The number of ether oxygens (including phenoxy) is 1. The molecule has 2 aromatic rings. The van der Waals surface area contributed by atoms with Crippen LogP contribution in [-0.2, 0) is 0 Å². The molecule has 3 rings (SSSR count). The van der Waals surface area contributed by atoms with Gasteiger partial charge >= 0.3 is 12.3 Å². The summed E-state index contributed by atoms with van der Waals surface area (Å²) in [5.41, 5.74) is -0.0912. The molecule has 1 fully saturated rings. The summed E-state index contributed by atoms with van der Waals surface area (Å²) in [5, 5.41) is 20.7. The summed E-state index contributed by atoms with van der Waals surface area (Å²) in [6, 6.07) is 4.79. The van der Waals surface area contributed by atoms with Gasteiger partial charge < -0.3 is 19.4 Å². The van der Waals surface area contributed by atoms with E-state index in [-0.39, 0.29) is 34.9 Å². The predicted octanol–water partition coefficient (Wildman–Crippen LogP) is 2.79. The number of carbonyl (C=O) groups excluding carboxylic acids is 1. The molecule has 2 heterocycles. The number of hydrogen-bond donors (Lipinski definition) is 1. The van der Waals surface area contributed by atoms with Crippen molar-refractivity contribution in [2.45, 2.75) is 31.8 Å². The van der Waals surface area contributed by atoms with Gasteiger partial charge in [-0.15, -0.1) is 13.2 Å². The molecular formula is C18H14F3N5O3. The van der Waals surface area contributed by atoms with Crippen molar-refractivity contribution < 1.29 is 27.1 Å². The van der Waals surface area contributed by atoms with Crippen LogP contribution in [0.25, 0.3) is 11.3 Å². The van der Waals surface area contributed by atoms with E-state index >= 15 is 0 Å². The molecule has 1 N–H and O–H groups in total. The van der Waals surface area contributed by atoms with Gasteiger partial charge in [0.2, 0.25) is 0 Å². The highest BCUT2D eigenvalue weighted by Crippen LogP contribution is 2.35.